The summed E-state index contributed by atoms with van der Waals surface area (Å²) in [5.41, 5.74) is 3.27. The van der Waals surface area contributed by atoms with Crippen molar-refractivity contribution in [3.05, 3.63) is 65.2 Å². The molecule has 4 nitrogen and oxygen atoms in total. The Kier molecular flexibility index (Phi) is 6.28. The molecule has 0 saturated carbocycles. The molecule has 152 valence electrons. The monoisotopic (exact) mass is 401 g/mol. The molecular formula is C23H31NO3S. The summed E-state index contributed by atoms with van der Waals surface area (Å²) in [6.45, 7) is 10.0. The van der Waals surface area contributed by atoms with E-state index in [1.807, 2.05) is 43.3 Å². The quantitative estimate of drug-likeness (QED) is 0.732. The maximum atomic E-state index is 13.6. The van der Waals surface area contributed by atoms with Crippen molar-refractivity contribution in [3.8, 4) is 0 Å². The van der Waals surface area contributed by atoms with Crippen LogP contribution in [0.5, 0.6) is 0 Å². The lowest BCUT2D eigenvalue weighted by atomic mass is 9.87. The zero-order chi connectivity index (χ0) is 20.4. The summed E-state index contributed by atoms with van der Waals surface area (Å²) in [5, 5.41) is 0. The second-order valence-corrected chi connectivity index (χ2v) is 10.5. The second-order valence-electron chi connectivity index (χ2n) is 8.59. The van der Waals surface area contributed by atoms with Gasteiger partial charge in [-0.25, -0.2) is 8.42 Å². The largest absolute Gasteiger partial charge is 0.381 e. The van der Waals surface area contributed by atoms with Crippen molar-refractivity contribution in [2.24, 2.45) is 0 Å². The van der Waals surface area contributed by atoms with Crippen LogP contribution in [0.15, 0.2) is 53.4 Å². The fourth-order valence-electron chi connectivity index (χ4n) is 3.60. The number of sulfonamides is 1. The summed E-state index contributed by atoms with van der Waals surface area (Å²) in [6, 6.07) is 15.3. The normalized spacial score (nSPS) is 16.5. The Morgan fingerprint density at radius 1 is 1.00 bits per heavy atom. The van der Waals surface area contributed by atoms with Crippen molar-refractivity contribution >= 4 is 10.0 Å². The molecule has 1 heterocycles. The molecule has 0 unspecified atom stereocenters. The first-order valence-corrected chi connectivity index (χ1v) is 11.4. The third-order valence-corrected chi connectivity index (χ3v) is 7.43. The minimum Gasteiger partial charge on any atom is -0.381 e. The summed E-state index contributed by atoms with van der Waals surface area (Å²) < 4.78 is 34.3. The summed E-state index contributed by atoms with van der Waals surface area (Å²) in [4.78, 5) is 0.362. The van der Waals surface area contributed by atoms with Crippen molar-refractivity contribution in [2.45, 2.75) is 63.4 Å². The molecule has 2 aromatic carbocycles. The number of benzene rings is 2. The van der Waals surface area contributed by atoms with Crippen molar-refractivity contribution in [1.29, 1.82) is 0 Å². The molecule has 0 spiro atoms. The predicted octanol–water partition coefficient (Wildman–Crippen LogP) is 4.66. The molecule has 28 heavy (non-hydrogen) atoms. The SMILES string of the molecule is Cc1ccccc1CN(C1CCOCC1)S(=O)(=O)c1ccc(C(C)(C)C)cc1. The lowest BCUT2D eigenvalue weighted by Gasteiger charge is -2.34. The third-order valence-electron chi connectivity index (χ3n) is 5.51. The van der Waals surface area contributed by atoms with Crippen LogP contribution in [0.4, 0.5) is 0 Å². The van der Waals surface area contributed by atoms with Gasteiger partial charge in [0.25, 0.3) is 0 Å². The Morgan fingerprint density at radius 2 is 1.61 bits per heavy atom. The van der Waals surface area contributed by atoms with Gasteiger partial charge in [-0.3, -0.25) is 0 Å². The molecule has 5 heteroatoms. The van der Waals surface area contributed by atoms with E-state index in [9.17, 15) is 8.42 Å². The van der Waals surface area contributed by atoms with Gasteiger partial charge in [-0.1, -0.05) is 57.2 Å². The van der Waals surface area contributed by atoms with Gasteiger partial charge in [0.1, 0.15) is 0 Å². The highest BCUT2D eigenvalue weighted by atomic mass is 32.2. The molecular weight excluding hydrogens is 370 g/mol. The molecule has 0 aliphatic carbocycles. The summed E-state index contributed by atoms with van der Waals surface area (Å²) in [5.74, 6) is 0. The molecule has 0 aromatic heterocycles. The van der Waals surface area contributed by atoms with Crippen LogP contribution in [0.1, 0.15) is 50.3 Å². The van der Waals surface area contributed by atoms with Gasteiger partial charge < -0.3 is 4.74 Å². The van der Waals surface area contributed by atoms with E-state index in [4.69, 9.17) is 4.74 Å². The Hall–Kier alpha value is -1.69. The van der Waals surface area contributed by atoms with Crippen molar-refractivity contribution < 1.29 is 13.2 Å². The standard InChI is InChI=1S/C23H31NO3S/c1-18-7-5-6-8-19(18)17-24(21-13-15-27-16-14-21)28(25,26)22-11-9-20(10-12-22)23(2,3)4/h5-12,21H,13-17H2,1-4H3. The van der Waals surface area contributed by atoms with Crippen LogP contribution in [-0.2, 0) is 26.7 Å². The van der Waals surface area contributed by atoms with E-state index < -0.39 is 10.0 Å². The van der Waals surface area contributed by atoms with Gasteiger partial charge in [-0.05, 0) is 54.0 Å². The van der Waals surface area contributed by atoms with E-state index in [-0.39, 0.29) is 11.5 Å². The number of hydrogen-bond acceptors (Lipinski definition) is 3. The van der Waals surface area contributed by atoms with E-state index in [0.717, 1.165) is 29.5 Å². The van der Waals surface area contributed by atoms with E-state index in [0.29, 0.717) is 24.7 Å². The molecule has 0 radical (unpaired) electrons. The molecule has 3 rings (SSSR count). The van der Waals surface area contributed by atoms with Gasteiger partial charge in [0, 0.05) is 25.8 Å². The first-order chi connectivity index (χ1) is 13.2. The van der Waals surface area contributed by atoms with Crippen LogP contribution in [0.25, 0.3) is 0 Å². The molecule has 1 aliphatic rings. The number of nitrogens with zero attached hydrogens (tertiary/aromatic N) is 1. The lowest BCUT2D eigenvalue weighted by molar-refractivity contribution is 0.0569. The Labute approximate surface area is 169 Å². The number of aryl methyl sites for hydroxylation is 1. The van der Waals surface area contributed by atoms with E-state index in [1.165, 1.54) is 0 Å². The Morgan fingerprint density at radius 3 is 2.18 bits per heavy atom. The van der Waals surface area contributed by atoms with Crippen LogP contribution in [0.2, 0.25) is 0 Å². The topological polar surface area (TPSA) is 46.6 Å². The fourth-order valence-corrected chi connectivity index (χ4v) is 5.26. The Balaban J connectivity index is 1.97. The van der Waals surface area contributed by atoms with E-state index in [2.05, 4.69) is 20.8 Å². The Bertz CT molecular complexity index is 892. The average Bonchev–Trinajstić information content (AvgIpc) is 2.67. The average molecular weight is 402 g/mol. The van der Waals surface area contributed by atoms with Gasteiger partial charge in [0.15, 0.2) is 0 Å². The van der Waals surface area contributed by atoms with E-state index in [1.54, 1.807) is 16.4 Å². The highest BCUT2D eigenvalue weighted by molar-refractivity contribution is 7.89. The lowest BCUT2D eigenvalue weighted by Crippen LogP contribution is -2.43. The molecule has 0 N–H and O–H groups in total. The minimum absolute atomic E-state index is 0.0101. The molecule has 1 fully saturated rings. The van der Waals surface area contributed by atoms with Gasteiger partial charge in [0.2, 0.25) is 10.0 Å². The fraction of sp³-hybridized carbons (Fsp3) is 0.478. The zero-order valence-corrected chi connectivity index (χ0v) is 18.1. The molecule has 1 aliphatic heterocycles. The van der Waals surface area contributed by atoms with Crippen LogP contribution in [0.3, 0.4) is 0 Å². The van der Waals surface area contributed by atoms with Gasteiger partial charge in [-0.15, -0.1) is 0 Å². The maximum absolute atomic E-state index is 13.6. The summed E-state index contributed by atoms with van der Waals surface area (Å²) in [7, 11) is -3.60. The number of rotatable bonds is 5. The van der Waals surface area contributed by atoms with Crippen molar-refractivity contribution in [2.75, 3.05) is 13.2 Å². The molecule has 0 atom stereocenters. The third kappa shape index (κ3) is 4.65. The second kappa shape index (κ2) is 8.36. The van der Waals surface area contributed by atoms with Crippen molar-refractivity contribution in [1.82, 2.24) is 4.31 Å². The van der Waals surface area contributed by atoms with Crippen LogP contribution in [0, 0.1) is 6.92 Å². The first-order valence-electron chi connectivity index (χ1n) is 9.94. The first kappa shape index (κ1) is 21.0. The maximum Gasteiger partial charge on any atom is 0.243 e. The molecule has 2 aromatic rings. The predicted molar refractivity (Wildman–Crippen MR) is 113 cm³/mol. The smallest absolute Gasteiger partial charge is 0.243 e. The number of ether oxygens (including phenoxy) is 1. The highest BCUT2D eigenvalue weighted by Gasteiger charge is 2.33. The van der Waals surface area contributed by atoms with Crippen LogP contribution >= 0.6 is 0 Å². The van der Waals surface area contributed by atoms with E-state index >= 15 is 0 Å². The van der Waals surface area contributed by atoms with Crippen LogP contribution < -0.4 is 0 Å². The highest BCUT2D eigenvalue weighted by Crippen LogP contribution is 2.29. The zero-order valence-electron chi connectivity index (χ0n) is 17.3. The van der Waals surface area contributed by atoms with Gasteiger partial charge in [0.05, 0.1) is 4.90 Å². The molecule has 1 saturated heterocycles. The molecule has 0 bridgehead atoms. The van der Waals surface area contributed by atoms with Crippen molar-refractivity contribution in [3.63, 3.8) is 0 Å². The van der Waals surface area contributed by atoms with Crippen LogP contribution in [-0.4, -0.2) is 32.0 Å². The summed E-state index contributed by atoms with van der Waals surface area (Å²) in [6.07, 6.45) is 1.45. The van der Waals surface area contributed by atoms with Gasteiger partial charge >= 0.3 is 0 Å². The molecule has 0 amide bonds. The van der Waals surface area contributed by atoms with Gasteiger partial charge in [-0.2, -0.15) is 4.31 Å². The number of hydrogen-bond donors (Lipinski definition) is 0. The summed E-state index contributed by atoms with van der Waals surface area (Å²) >= 11 is 0. The minimum atomic E-state index is -3.60.